The van der Waals surface area contributed by atoms with E-state index in [1.54, 1.807) is 0 Å². The quantitative estimate of drug-likeness (QED) is 0.643. The van der Waals surface area contributed by atoms with Crippen LogP contribution in [0.25, 0.3) is 5.65 Å². The summed E-state index contributed by atoms with van der Waals surface area (Å²) in [4.78, 5) is 14.9. The van der Waals surface area contributed by atoms with E-state index in [-0.39, 0.29) is 30.3 Å². The lowest BCUT2D eigenvalue weighted by Gasteiger charge is -2.32. The number of rotatable bonds is 4. The Balaban J connectivity index is 0.00000218. The first-order valence-corrected chi connectivity index (χ1v) is 10.2. The minimum absolute atomic E-state index is 0. The minimum Gasteiger partial charge on any atom is -0.355 e. The number of halogens is 1. The third-order valence-corrected chi connectivity index (χ3v) is 5.94. The first-order chi connectivity index (χ1) is 14.3. The van der Waals surface area contributed by atoms with Crippen molar-refractivity contribution < 1.29 is 4.79 Å². The van der Waals surface area contributed by atoms with Gasteiger partial charge in [0.15, 0.2) is 11.5 Å². The number of fused-ring (bicyclic) bond motifs is 2. The maximum atomic E-state index is 12.7. The normalized spacial score (nSPS) is 19.2. The summed E-state index contributed by atoms with van der Waals surface area (Å²) < 4.78 is 1.43. The maximum absolute atomic E-state index is 12.7. The van der Waals surface area contributed by atoms with Crippen molar-refractivity contribution in [2.75, 3.05) is 31.1 Å². The molecule has 1 saturated heterocycles. The molecule has 1 aromatic carbocycles. The molecule has 10 heteroatoms. The fourth-order valence-electron chi connectivity index (χ4n) is 4.30. The molecule has 1 fully saturated rings. The van der Waals surface area contributed by atoms with Crippen molar-refractivity contribution >= 4 is 29.8 Å². The monoisotopic (exact) mass is 428 g/mol. The van der Waals surface area contributed by atoms with Gasteiger partial charge in [-0.3, -0.25) is 4.79 Å². The number of nitrogens with one attached hydrogen (secondary N) is 2. The molecule has 1 unspecified atom stereocenters. The van der Waals surface area contributed by atoms with Crippen LogP contribution in [0.2, 0.25) is 0 Å². The molecule has 3 aromatic rings. The summed E-state index contributed by atoms with van der Waals surface area (Å²) in [7, 11) is 0. The third-order valence-electron chi connectivity index (χ3n) is 5.94. The van der Waals surface area contributed by atoms with Crippen molar-refractivity contribution in [3.63, 3.8) is 0 Å². The van der Waals surface area contributed by atoms with Crippen molar-refractivity contribution in [2.45, 2.75) is 25.3 Å². The minimum atomic E-state index is 0. The van der Waals surface area contributed by atoms with Gasteiger partial charge in [-0.1, -0.05) is 24.3 Å². The zero-order chi connectivity index (χ0) is 19.6. The Hall–Kier alpha value is -2.78. The average Bonchev–Trinajstić information content (AvgIpc) is 3.25. The van der Waals surface area contributed by atoms with Crippen molar-refractivity contribution in [1.82, 2.24) is 35.9 Å². The van der Waals surface area contributed by atoms with Gasteiger partial charge in [-0.25, -0.2) is 0 Å². The van der Waals surface area contributed by atoms with Crippen molar-refractivity contribution in [3.05, 3.63) is 47.5 Å². The third kappa shape index (κ3) is 4.08. The number of piperidine rings is 1. The molecular formula is C20H25ClN8O. The van der Waals surface area contributed by atoms with Crippen molar-refractivity contribution in [1.29, 1.82) is 0 Å². The molecule has 0 spiro atoms. The van der Waals surface area contributed by atoms with Crippen LogP contribution in [-0.4, -0.2) is 57.3 Å². The van der Waals surface area contributed by atoms with Crippen LogP contribution in [0.15, 0.2) is 36.4 Å². The highest BCUT2D eigenvalue weighted by Gasteiger charge is 2.27. The van der Waals surface area contributed by atoms with Crippen LogP contribution >= 0.6 is 12.4 Å². The van der Waals surface area contributed by atoms with Crippen LogP contribution < -0.4 is 15.5 Å². The summed E-state index contributed by atoms with van der Waals surface area (Å²) in [6, 6.07) is 12.5. The second kappa shape index (κ2) is 8.93. The fourth-order valence-corrected chi connectivity index (χ4v) is 4.30. The lowest BCUT2D eigenvalue weighted by atomic mass is 9.93. The van der Waals surface area contributed by atoms with E-state index in [0.717, 1.165) is 44.7 Å². The standard InChI is InChI=1S/C20H24N8O.ClH/c29-20(22-13-17-16-4-2-1-3-14(16)7-10-21-17)15-8-11-27(12-9-15)19-6-5-18-23-25-26-28(18)24-19;/h1-6,15,17,21H,7-13H2,(H,22,29);1H. The molecule has 2 aliphatic heterocycles. The van der Waals surface area contributed by atoms with Gasteiger partial charge < -0.3 is 15.5 Å². The topological polar surface area (TPSA) is 100 Å². The van der Waals surface area contributed by atoms with Gasteiger partial charge in [0.05, 0.1) is 0 Å². The van der Waals surface area contributed by atoms with Crippen LogP contribution in [0.3, 0.4) is 0 Å². The lowest BCUT2D eigenvalue weighted by Crippen LogP contribution is -2.44. The zero-order valence-corrected chi connectivity index (χ0v) is 17.4. The van der Waals surface area contributed by atoms with Crippen LogP contribution in [0, 0.1) is 5.92 Å². The van der Waals surface area contributed by atoms with Crippen molar-refractivity contribution in [3.8, 4) is 0 Å². The summed E-state index contributed by atoms with van der Waals surface area (Å²) in [5, 5.41) is 22.5. The van der Waals surface area contributed by atoms with Crippen LogP contribution in [-0.2, 0) is 11.2 Å². The molecule has 0 radical (unpaired) electrons. The predicted molar refractivity (Wildman–Crippen MR) is 115 cm³/mol. The van der Waals surface area contributed by atoms with Gasteiger partial charge in [0, 0.05) is 31.6 Å². The number of hydrogen-bond acceptors (Lipinski definition) is 7. The molecule has 158 valence electrons. The molecule has 2 N–H and O–H groups in total. The van der Waals surface area contributed by atoms with E-state index in [1.165, 1.54) is 15.8 Å². The molecule has 1 amide bonds. The predicted octanol–water partition coefficient (Wildman–Crippen LogP) is 1.16. The molecule has 0 saturated carbocycles. The number of aromatic nitrogens is 5. The Labute approximate surface area is 180 Å². The van der Waals surface area contributed by atoms with Crippen LogP contribution in [0.4, 0.5) is 5.82 Å². The molecule has 2 aliphatic rings. The zero-order valence-electron chi connectivity index (χ0n) is 16.6. The number of anilines is 1. The first-order valence-electron chi connectivity index (χ1n) is 10.2. The number of carbonyl (C=O) groups is 1. The highest BCUT2D eigenvalue weighted by Crippen LogP contribution is 2.24. The van der Waals surface area contributed by atoms with E-state index < -0.39 is 0 Å². The number of amides is 1. The van der Waals surface area contributed by atoms with Gasteiger partial charge in [0.1, 0.15) is 0 Å². The fraction of sp³-hybridized carbons (Fsp3) is 0.450. The van der Waals surface area contributed by atoms with Crippen LogP contribution in [0.5, 0.6) is 0 Å². The van der Waals surface area contributed by atoms with Gasteiger partial charge >= 0.3 is 0 Å². The Kier molecular flexibility index (Phi) is 6.10. The molecule has 9 nitrogen and oxygen atoms in total. The molecule has 0 aliphatic carbocycles. The summed E-state index contributed by atoms with van der Waals surface area (Å²) in [6.45, 7) is 3.18. The Morgan fingerprint density at radius 3 is 2.87 bits per heavy atom. The molecule has 1 atom stereocenters. The largest absolute Gasteiger partial charge is 0.355 e. The highest BCUT2D eigenvalue weighted by molar-refractivity contribution is 5.85. The van der Waals surface area contributed by atoms with E-state index in [0.29, 0.717) is 12.2 Å². The molecule has 4 heterocycles. The van der Waals surface area contributed by atoms with Crippen molar-refractivity contribution in [2.24, 2.45) is 5.92 Å². The second-order valence-corrected chi connectivity index (χ2v) is 7.68. The molecule has 2 aromatic heterocycles. The Morgan fingerprint density at radius 2 is 2.00 bits per heavy atom. The number of tetrazole rings is 1. The van der Waals surface area contributed by atoms with Gasteiger partial charge in [0.2, 0.25) is 5.91 Å². The summed E-state index contributed by atoms with van der Waals surface area (Å²) in [6.07, 6.45) is 2.68. The molecule has 5 rings (SSSR count). The smallest absolute Gasteiger partial charge is 0.223 e. The van der Waals surface area contributed by atoms with Gasteiger partial charge in [0.25, 0.3) is 0 Å². The molecular weight excluding hydrogens is 404 g/mol. The number of nitrogens with zero attached hydrogens (tertiary/aromatic N) is 6. The summed E-state index contributed by atoms with van der Waals surface area (Å²) in [5.41, 5.74) is 3.31. The first kappa shape index (κ1) is 20.5. The Morgan fingerprint density at radius 1 is 1.17 bits per heavy atom. The van der Waals surface area contributed by atoms with E-state index >= 15 is 0 Å². The van der Waals surface area contributed by atoms with E-state index in [4.69, 9.17) is 0 Å². The SMILES string of the molecule is Cl.O=C(NCC1NCCc2ccccc21)C1CCN(c2ccc3nnnn3n2)CC1. The lowest BCUT2D eigenvalue weighted by molar-refractivity contribution is -0.125. The average molecular weight is 429 g/mol. The van der Waals surface area contributed by atoms with E-state index in [9.17, 15) is 4.79 Å². The number of benzene rings is 1. The molecule has 30 heavy (non-hydrogen) atoms. The maximum Gasteiger partial charge on any atom is 0.223 e. The van der Waals surface area contributed by atoms with Gasteiger partial charge in [-0.15, -0.1) is 27.2 Å². The van der Waals surface area contributed by atoms with E-state index in [2.05, 4.69) is 60.4 Å². The number of hydrogen-bond donors (Lipinski definition) is 2. The summed E-state index contributed by atoms with van der Waals surface area (Å²) in [5.74, 6) is 1.03. The van der Waals surface area contributed by atoms with Gasteiger partial charge in [-0.05, 0) is 59.5 Å². The molecule has 0 bridgehead atoms. The van der Waals surface area contributed by atoms with E-state index in [1.807, 2.05) is 12.1 Å². The second-order valence-electron chi connectivity index (χ2n) is 7.68. The number of carbonyl (C=O) groups excluding carboxylic acids is 1. The summed E-state index contributed by atoms with van der Waals surface area (Å²) >= 11 is 0. The Bertz CT molecular complexity index is 1020. The van der Waals surface area contributed by atoms with Gasteiger partial charge in [-0.2, -0.15) is 0 Å². The highest BCUT2D eigenvalue weighted by atomic mass is 35.5. The van der Waals surface area contributed by atoms with Crippen LogP contribution in [0.1, 0.15) is 30.0 Å².